The molecule has 0 bridgehead atoms. The van der Waals surface area contributed by atoms with Crippen molar-refractivity contribution in [2.24, 2.45) is 5.92 Å². The molecule has 1 saturated carbocycles. The number of alkyl halides is 3. The Hall–Kier alpha value is -1.92. The summed E-state index contributed by atoms with van der Waals surface area (Å²) in [6, 6.07) is 5.90. The normalized spacial score (nSPS) is 21.6. The summed E-state index contributed by atoms with van der Waals surface area (Å²) in [5.41, 5.74) is 0. The molecule has 1 N–H and O–H groups in total. The van der Waals surface area contributed by atoms with Crippen molar-refractivity contribution in [3.8, 4) is 11.5 Å². The molecule has 0 radical (unpaired) electrons. The molecule has 1 amide bonds. The van der Waals surface area contributed by atoms with Gasteiger partial charge in [-0.1, -0.05) is 25.0 Å². The Morgan fingerprint density at radius 1 is 1.22 bits per heavy atom. The van der Waals surface area contributed by atoms with Crippen LogP contribution in [-0.4, -0.2) is 31.8 Å². The van der Waals surface area contributed by atoms with Crippen LogP contribution in [0.25, 0.3) is 0 Å². The number of carbonyl (C=O) groups excluding carboxylic acids is 1. The number of rotatable bonds is 5. The first-order valence-electron chi connectivity index (χ1n) is 7.53. The van der Waals surface area contributed by atoms with Crippen LogP contribution in [0, 0.1) is 5.92 Å². The Balaban J connectivity index is 1.91. The summed E-state index contributed by atoms with van der Waals surface area (Å²) in [5, 5.41) is 2.46. The zero-order valence-corrected chi connectivity index (χ0v) is 12.9. The maximum absolute atomic E-state index is 13.0. The van der Waals surface area contributed by atoms with Crippen molar-refractivity contribution in [2.45, 2.75) is 37.9 Å². The van der Waals surface area contributed by atoms with Crippen LogP contribution in [0.1, 0.15) is 25.7 Å². The fraction of sp³-hybridized carbons (Fsp3) is 0.562. The van der Waals surface area contributed by atoms with Gasteiger partial charge in [0.1, 0.15) is 0 Å². The molecule has 0 aromatic heterocycles. The van der Waals surface area contributed by atoms with E-state index in [2.05, 4.69) is 5.32 Å². The van der Waals surface area contributed by atoms with Crippen LogP contribution in [0.2, 0.25) is 0 Å². The minimum absolute atomic E-state index is 0.0574. The standard InChI is InChI=1S/C16H20F3NO3/c1-22-13-8-4-5-9-14(13)23-10-15(21)20-12-7-3-2-6-11(12)16(17,18)19/h4-5,8-9,11-12H,2-3,6-7,10H2,1H3,(H,20,21). The van der Waals surface area contributed by atoms with Gasteiger partial charge in [-0.15, -0.1) is 0 Å². The predicted molar refractivity (Wildman–Crippen MR) is 78.4 cm³/mol. The molecule has 0 heterocycles. The summed E-state index contributed by atoms with van der Waals surface area (Å²) in [4.78, 5) is 11.9. The number of halogens is 3. The highest BCUT2D eigenvalue weighted by atomic mass is 19.4. The van der Waals surface area contributed by atoms with Crippen molar-refractivity contribution in [3.63, 3.8) is 0 Å². The topological polar surface area (TPSA) is 47.6 Å². The van der Waals surface area contributed by atoms with Crippen molar-refractivity contribution in [1.29, 1.82) is 0 Å². The van der Waals surface area contributed by atoms with E-state index in [1.54, 1.807) is 24.3 Å². The lowest BCUT2D eigenvalue weighted by Gasteiger charge is -2.33. The first-order chi connectivity index (χ1) is 10.9. The molecule has 1 aromatic carbocycles. The van der Waals surface area contributed by atoms with E-state index in [-0.39, 0.29) is 13.0 Å². The lowest BCUT2D eigenvalue weighted by atomic mass is 9.84. The van der Waals surface area contributed by atoms with Crippen molar-refractivity contribution >= 4 is 5.91 Å². The van der Waals surface area contributed by atoms with Gasteiger partial charge < -0.3 is 14.8 Å². The van der Waals surface area contributed by atoms with Crippen molar-refractivity contribution in [1.82, 2.24) is 5.32 Å². The zero-order chi connectivity index (χ0) is 16.9. The molecule has 1 aliphatic rings. The van der Waals surface area contributed by atoms with Gasteiger partial charge >= 0.3 is 6.18 Å². The molecule has 128 valence electrons. The molecule has 23 heavy (non-hydrogen) atoms. The number of nitrogens with one attached hydrogen (secondary N) is 1. The van der Waals surface area contributed by atoms with Gasteiger partial charge in [-0.25, -0.2) is 0 Å². The molecular weight excluding hydrogens is 311 g/mol. The SMILES string of the molecule is COc1ccccc1OCC(=O)NC1CCCCC1C(F)(F)F. The third-order valence-corrected chi connectivity index (χ3v) is 3.96. The van der Waals surface area contributed by atoms with Gasteiger partial charge in [-0.05, 0) is 25.0 Å². The quantitative estimate of drug-likeness (QED) is 0.900. The maximum atomic E-state index is 13.0. The van der Waals surface area contributed by atoms with Gasteiger partial charge in [0.2, 0.25) is 0 Å². The Bertz CT molecular complexity index is 534. The van der Waals surface area contributed by atoms with Gasteiger partial charge in [0.25, 0.3) is 5.91 Å². The van der Waals surface area contributed by atoms with Crippen molar-refractivity contribution < 1.29 is 27.4 Å². The summed E-state index contributed by atoms with van der Waals surface area (Å²) in [7, 11) is 1.47. The molecule has 0 spiro atoms. The zero-order valence-electron chi connectivity index (χ0n) is 12.9. The monoisotopic (exact) mass is 331 g/mol. The second-order valence-corrected chi connectivity index (χ2v) is 5.55. The Kier molecular flexibility index (Phi) is 5.74. The minimum atomic E-state index is -4.29. The molecule has 1 fully saturated rings. The van der Waals surface area contributed by atoms with E-state index in [0.717, 1.165) is 0 Å². The van der Waals surface area contributed by atoms with Crippen LogP contribution in [0.5, 0.6) is 11.5 Å². The molecule has 7 heteroatoms. The Labute approximate surface area is 133 Å². The minimum Gasteiger partial charge on any atom is -0.493 e. The highest BCUT2D eigenvalue weighted by Gasteiger charge is 2.45. The lowest BCUT2D eigenvalue weighted by molar-refractivity contribution is -0.189. The molecule has 2 rings (SSSR count). The van der Waals surface area contributed by atoms with Crippen molar-refractivity contribution in [3.05, 3.63) is 24.3 Å². The summed E-state index contributed by atoms with van der Waals surface area (Å²) in [6.45, 7) is -0.346. The fourth-order valence-electron chi connectivity index (χ4n) is 2.83. The number of benzene rings is 1. The van der Waals surface area contributed by atoms with E-state index < -0.39 is 24.0 Å². The fourth-order valence-corrected chi connectivity index (χ4v) is 2.83. The Morgan fingerprint density at radius 3 is 2.52 bits per heavy atom. The number of hydrogen-bond acceptors (Lipinski definition) is 3. The smallest absolute Gasteiger partial charge is 0.393 e. The largest absolute Gasteiger partial charge is 0.493 e. The van der Waals surface area contributed by atoms with Crippen LogP contribution < -0.4 is 14.8 Å². The average Bonchev–Trinajstić information content (AvgIpc) is 2.52. The van der Waals surface area contributed by atoms with E-state index in [1.165, 1.54) is 7.11 Å². The average molecular weight is 331 g/mol. The lowest BCUT2D eigenvalue weighted by Crippen LogP contribution is -2.48. The van der Waals surface area contributed by atoms with E-state index in [1.807, 2.05) is 0 Å². The predicted octanol–water partition coefficient (Wildman–Crippen LogP) is 3.31. The van der Waals surface area contributed by atoms with Gasteiger partial charge in [0.15, 0.2) is 18.1 Å². The third kappa shape index (κ3) is 4.77. The number of hydrogen-bond donors (Lipinski definition) is 1. The molecule has 0 saturated heterocycles. The van der Waals surface area contributed by atoms with E-state index >= 15 is 0 Å². The van der Waals surface area contributed by atoms with Crippen LogP contribution in [0.4, 0.5) is 13.2 Å². The van der Waals surface area contributed by atoms with Gasteiger partial charge in [0.05, 0.1) is 13.0 Å². The molecular formula is C16H20F3NO3. The van der Waals surface area contributed by atoms with Crippen LogP contribution >= 0.6 is 0 Å². The first-order valence-corrected chi connectivity index (χ1v) is 7.53. The summed E-state index contributed by atoms with van der Waals surface area (Å²) >= 11 is 0. The molecule has 1 aliphatic carbocycles. The van der Waals surface area contributed by atoms with E-state index in [9.17, 15) is 18.0 Å². The van der Waals surface area contributed by atoms with Crippen LogP contribution in [0.15, 0.2) is 24.3 Å². The van der Waals surface area contributed by atoms with Gasteiger partial charge in [0, 0.05) is 6.04 Å². The molecule has 2 unspecified atom stereocenters. The second-order valence-electron chi connectivity index (χ2n) is 5.55. The second kappa shape index (κ2) is 7.57. The number of ether oxygens (including phenoxy) is 2. The summed E-state index contributed by atoms with van der Waals surface area (Å²) in [5.74, 6) is -1.20. The molecule has 4 nitrogen and oxygen atoms in total. The summed E-state index contributed by atoms with van der Waals surface area (Å²) < 4.78 is 49.4. The number of para-hydroxylation sites is 2. The Morgan fingerprint density at radius 2 is 1.87 bits per heavy atom. The summed E-state index contributed by atoms with van der Waals surface area (Å²) in [6.07, 6.45) is -2.67. The van der Waals surface area contributed by atoms with Crippen LogP contribution in [0.3, 0.4) is 0 Å². The van der Waals surface area contributed by atoms with Crippen LogP contribution in [-0.2, 0) is 4.79 Å². The number of carbonyl (C=O) groups is 1. The van der Waals surface area contributed by atoms with Crippen molar-refractivity contribution in [2.75, 3.05) is 13.7 Å². The number of methoxy groups -OCH3 is 1. The highest BCUT2D eigenvalue weighted by molar-refractivity contribution is 5.78. The van der Waals surface area contributed by atoms with E-state index in [0.29, 0.717) is 30.8 Å². The highest BCUT2D eigenvalue weighted by Crippen LogP contribution is 2.37. The maximum Gasteiger partial charge on any atom is 0.393 e. The number of amides is 1. The molecule has 0 aliphatic heterocycles. The van der Waals surface area contributed by atoms with E-state index in [4.69, 9.17) is 9.47 Å². The first kappa shape index (κ1) is 17.4. The van der Waals surface area contributed by atoms with Gasteiger partial charge in [-0.2, -0.15) is 13.2 Å². The molecule has 1 aromatic rings. The van der Waals surface area contributed by atoms with Gasteiger partial charge in [-0.3, -0.25) is 4.79 Å². The molecule has 2 atom stereocenters. The third-order valence-electron chi connectivity index (χ3n) is 3.96.